The van der Waals surface area contributed by atoms with Gasteiger partial charge >= 0.3 is 14.5 Å². The number of Topliss-reactive ketones (excluding diaryl/α,β-unsaturated/α-hetero) is 1. The molecule has 7 rings (SSSR count). The Bertz CT molecular complexity index is 1790. The lowest BCUT2D eigenvalue weighted by molar-refractivity contribution is 0.0969. The summed E-state index contributed by atoms with van der Waals surface area (Å²) in [4.78, 5) is 20.9. The highest BCUT2D eigenvalue weighted by Gasteiger charge is 2.37. The van der Waals surface area contributed by atoms with Gasteiger partial charge < -0.3 is 34.5 Å². The minimum absolute atomic E-state index is 0.0462. The Morgan fingerprint density at radius 3 is 1.68 bits per heavy atom. The molecule has 4 aromatic rings. The van der Waals surface area contributed by atoms with Crippen molar-refractivity contribution in [2.24, 2.45) is 5.92 Å². The zero-order valence-corrected chi connectivity index (χ0v) is 27.0. The Balaban J connectivity index is 0.000000169. The topological polar surface area (TPSA) is 34.1 Å². The molecule has 0 bridgehead atoms. The summed E-state index contributed by atoms with van der Waals surface area (Å²) in [6, 6.07) is 34.7. The van der Waals surface area contributed by atoms with E-state index in [0.29, 0.717) is 0 Å². The average molecular weight is 712 g/mol. The van der Waals surface area contributed by atoms with Crippen molar-refractivity contribution in [1.29, 1.82) is 0 Å². The van der Waals surface area contributed by atoms with Gasteiger partial charge in [0.15, 0.2) is 15.6 Å². The van der Waals surface area contributed by atoms with Crippen LogP contribution in [0.15, 0.2) is 157 Å². The first-order chi connectivity index (χ1) is 22.1. The second-order valence-electron chi connectivity index (χ2n) is 9.86. The number of rotatable bonds is 1. The second-order valence-corrected chi connectivity index (χ2v) is 15.4. The Labute approximate surface area is 274 Å². The number of carbonyl (C=O) groups is 1. The highest BCUT2D eigenvalue weighted by molar-refractivity contribution is 7.98. The molecule has 2 aliphatic heterocycles. The van der Waals surface area contributed by atoms with Crippen molar-refractivity contribution in [2.75, 3.05) is 6.26 Å². The molecular weight excluding hydrogens is 686 g/mol. The van der Waals surface area contributed by atoms with Crippen LogP contribution in [-0.4, -0.2) is 35.6 Å². The van der Waals surface area contributed by atoms with Crippen molar-refractivity contribution in [3.63, 3.8) is 0 Å². The van der Waals surface area contributed by atoms with E-state index in [1.165, 1.54) is 24.4 Å². The zero-order valence-electron chi connectivity index (χ0n) is 24.5. The molecule has 0 aromatic heterocycles. The van der Waals surface area contributed by atoms with Crippen LogP contribution in [0.5, 0.6) is 0 Å². The number of benzene rings is 4. The van der Waals surface area contributed by atoms with Crippen molar-refractivity contribution in [3.8, 4) is 0 Å². The summed E-state index contributed by atoms with van der Waals surface area (Å²) in [6.07, 6.45) is 10.4. The molecule has 0 radical (unpaired) electrons. The molecule has 0 amide bonds. The third-order valence-corrected chi connectivity index (χ3v) is 13.2. The highest BCUT2D eigenvalue weighted by atomic mass is 32.2. The van der Waals surface area contributed by atoms with E-state index >= 15 is 0 Å². The maximum atomic E-state index is 12.7. The fraction of sp³-hybridized carbons (Fsp3) is 0.0625. The fourth-order valence-corrected chi connectivity index (χ4v) is 11.6. The lowest BCUT2D eigenvalue weighted by Crippen LogP contribution is -2.31. The standard InChI is InChI=1S/C19H14OS.C13H11OS2.2BF4/c20-19-15-10-4-6-12-17(15)21(14-8-2-1-3-9-14)18-13-7-5-11-16(18)19;1-15-10-6-2-4-8-12(10)16(14)13-9-5-3-7-11(13)15;2*2-1(3,4)5/h1-13,15H;2-9H,1H3;;/q;+1;2*-1/p+1. The maximum Gasteiger partial charge on any atom is 0.673 e. The maximum absolute atomic E-state index is 12.7. The van der Waals surface area contributed by atoms with Crippen molar-refractivity contribution in [1.82, 2.24) is 0 Å². The number of carbonyl (C=O) groups excluding carboxylic acids is 1. The number of thiol groups is 1. The Morgan fingerprint density at radius 2 is 1.13 bits per heavy atom. The van der Waals surface area contributed by atoms with Gasteiger partial charge in [-0.2, -0.15) is 0 Å². The van der Waals surface area contributed by atoms with Gasteiger partial charge in [0.05, 0.1) is 37.0 Å². The summed E-state index contributed by atoms with van der Waals surface area (Å²) in [5.41, 5.74) is 0.890. The number of hydrogen-bond acceptors (Lipinski definition) is 2. The number of allylic oxidation sites excluding steroid dienone is 4. The third kappa shape index (κ3) is 9.68. The predicted octanol–water partition coefficient (Wildman–Crippen LogP) is 9.00. The second kappa shape index (κ2) is 15.5. The normalized spacial score (nSPS) is 20.4. The molecule has 0 fully saturated rings. The minimum Gasteiger partial charge on any atom is -0.418 e. The van der Waals surface area contributed by atoms with Crippen LogP contribution in [0, 0.1) is 5.92 Å². The summed E-state index contributed by atoms with van der Waals surface area (Å²) in [5.74, 6) is 0.145. The summed E-state index contributed by atoms with van der Waals surface area (Å²) in [7, 11) is -13.6. The molecule has 3 aliphatic rings. The molecule has 2 heterocycles. The van der Waals surface area contributed by atoms with Crippen LogP contribution in [0.25, 0.3) is 0 Å². The van der Waals surface area contributed by atoms with E-state index in [4.69, 9.17) is 0 Å². The highest BCUT2D eigenvalue weighted by Crippen LogP contribution is 2.37. The lowest BCUT2D eigenvalue weighted by Gasteiger charge is -2.23. The van der Waals surface area contributed by atoms with Crippen LogP contribution >= 0.6 is 0 Å². The predicted molar refractivity (Wildman–Crippen MR) is 177 cm³/mol. The van der Waals surface area contributed by atoms with Gasteiger partial charge in [-0.05, 0) is 54.6 Å². The molecule has 246 valence electrons. The van der Waals surface area contributed by atoms with E-state index in [2.05, 4.69) is 54.8 Å². The molecule has 0 spiro atoms. The number of hydrogen-bond donors (Lipinski definition) is 0. The Hall–Kier alpha value is -3.68. The first-order valence-electron chi connectivity index (χ1n) is 13.9. The van der Waals surface area contributed by atoms with Crippen molar-refractivity contribution in [2.45, 2.75) is 29.4 Å². The Morgan fingerprint density at radius 1 is 0.660 bits per heavy atom. The van der Waals surface area contributed by atoms with Crippen molar-refractivity contribution < 1.29 is 43.5 Å². The molecule has 15 heteroatoms. The van der Waals surface area contributed by atoms with Crippen LogP contribution in [0.3, 0.4) is 0 Å². The molecule has 0 saturated carbocycles. The zero-order chi connectivity index (χ0) is 34.4. The van der Waals surface area contributed by atoms with Crippen LogP contribution in [0.2, 0.25) is 0 Å². The molecule has 2 atom stereocenters. The lowest BCUT2D eigenvalue weighted by atomic mass is 9.91. The van der Waals surface area contributed by atoms with E-state index in [9.17, 15) is 43.5 Å². The van der Waals surface area contributed by atoms with Gasteiger partial charge in [-0.25, -0.2) is 4.21 Å². The van der Waals surface area contributed by atoms with Gasteiger partial charge in [0, 0.05) is 0 Å². The number of fused-ring (bicyclic) bond motifs is 4. The number of ketones is 1. The molecule has 1 aliphatic carbocycles. The van der Waals surface area contributed by atoms with Gasteiger partial charge in [-0.3, -0.25) is 4.79 Å². The molecule has 2 unspecified atom stereocenters. The molecule has 47 heavy (non-hydrogen) atoms. The van der Waals surface area contributed by atoms with Gasteiger partial charge in [0.2, 0.25) is 0 Å². The molecule has 0 saturated heterocycles. The van der Waals surface area contributed by atoms with Crippen LogP contribution in [0.4, 0.5) is 34.5 Å². The van der Waals surface area contributed by atoms with E-state index in [1.807, 2.05) is 78.9 Å². The molecule has 2 nitrogen and oxygen atoms in total. The largest absolute Gasteiger partial charge is 0.673 e. The third-order valence-electron chi connectivity index (χ3n) is 6.72. The average Bonchev–Trinajstić information content (AvgIpc) is 3.03. The molecule has 0 N–H and O–H groups in total. The monoisotopic (exact) mass is 712 g/mol. The summed E-state index contributed by atoms with van der Waals surface area (Å²) < 4.78 is 90.4. The smallest absolute Gasteiger partial charge is 0.418 e. The quantitative estimate of drug-likeness (QED) is 0.0650. The fourth-order valence-electron chi connectivity index (χ4n) is 4.97. The van der Waals surface area contributed by atoms with Crippen LogP contribution in [0.1, 0.15) is 10.4 Å². The summed E-state index contributed by atoms with van der Waals surface area (Å²) in [5, 5.41) is 0. The van der Waals surface area contributed by atoms with Crippen molar-refractivity contribution >= 4 is 57.3 Å². The van der Waals surface area contributed by atoms with Gasteiger partial charge in [0.1, 0.15) is 26.8 Å². The SMILES string of the molecule is C[S+]1c2ccccc2S(=O)c2ccccc21.F[B-](F)(F)F.F[B-](F)(F)F.O=C1c2ccccc2[SH+](c2ccccc2)=C2C=CC=CC12. The van der Waals surface area contributed by atoms with Gasteiger partial charge in [-0.15, -0.1) is 0 Å². The van der Waals surface area contributed by atoms with Crippen LogP contribution < -0.4 is 0 Å². The first-order valence-corrected chi connectivity index (χ1v) is 18.0. The minimum atomic E-state index is -6.00. The summed E-state index contributed by atoms with van der Waals surface area (Å²) >= 11 is 0. The van der Waals surface area contributed by atoms with E-state index in [0.717, 1.165) is 15.4 Å². The van der Waals surface area contributed by atoms with E-state index in [-0.39, 0.29) is 22.6 Å². The number of halogens is 8. The summed E-state index contributed by atoms with van der Waals surface area (Å²) in [6.45, 7) is 0. The van der Waals surface area contributed by atoms with E-state index < -0.39 is 35.8 Å². The van der Waals surface area contributed by atoms with Gasteiger partial charge in [0.25, 0.3) is 0 Å². The molecule has 4 aromatic carbocycles. The van der Waals surface area contributed by atoms with Crippen molar-refractivity contribution in [3.05, 3.63) is 133 Å². The molecular formula is C32H26B2F8O2S3. The first kappa shape index (κ1) is 36.2. The van der Waals surface area contributed by atoms with E-state index in [1.54, 1.807) is 0 Å². The van der Waals surface area contributed by atoms with Crippen LogP contribution in [-0.2, 0) is 32.2 Å². The Kier molecular flexibility index (Phi) is 11.9. The van der Waals surface area contributed by atoms with Gasteiger partial charge in [-0.1, -0.05) is 83.3 Å².